The van der Waals surface area contributed by atoms with Gasteiger partial charge in [-0.3, -0.25) is 9.59 Å². The maximum Gasteiger partial charge on any atom is 0.310 e. The van der Waals surface area contributed by atoms with Crippen LogP contribution in [0.25, 0.3) is 0 Å². The molecule has 23 heavy (non-hydrogen) atoms. The van der Waals surface area contributed by atoms with Crippen LogP contribution >= 0.6 is 0 Å². The number of anilines is 2. The van der Waals surface area contributed by atoms with E-state index >= 15 is 0 Å². The summed E-state index contributed by atoms with van der Waals surface area (Å²) < 4.78 is 5.03. The first-order valence-electron chi connectivity index (χ1n) is 7.99. The molecule has 1 fully saturated rings. The molecular weight excluding hydrogens is 294 g/mol. The first kappa shape index (κ1) is 17.3. The molecule has 1 amide bonds. The number of hydrogen-bond acceptors (Lipinski definition) is 5. The lowest BCUT2D eigenvalue weighted by Crippen LogP contribution is -2.44. The first-order chi connectivity index (χ1) is 11.0. The minimum absolute atomic E-state index is 0.151. The third-order valence-electron chi connectivity index (χ3n) is 3.91. The van der Waals surface area contributed by atoms with Crippen molar-refractivity contribution in [2.75, 3.05) is 50.1 Å². The first-order valence-corrected chi connectivity index (χ1v) is 7.99. The highest BCUT2D eigenvalue weighted by atomic mass is 16.5. The number of hydrogen-bond donors (Lipinski definition) is 1. The molecule has 1 aliphatic rings. The fraction of sp³-hybridized carbons (Fsp3) is 0.529. The summed E-state index contributed by atoms with van der Waals surface area (Å²) in [5, 5.41) is 2.78. The van der Waals surface area contributed by atoms with Gasteiger partial charge in [-0.25, -0.2) is 0 Å². The SMILES string of the molecule is CCOC(=O)Cc1cc(N2CCN(C)CC2)ccc1NC(C)=O. The van der Waals surface area contributed by atoms with E-state index in [1.54, 1.807) is 6.92 Å². The fourth-order valence-electron chi connectivity index (χ4n) is 2.67. The van der Waals surface area contributed by atoms with Crippen LogP contribution in [-0.2, 0) is 20.7 Å². The Morgan fingerprint density at radius 1 is 1.22 bits per heavy atom. The highest BCUT2D eigenvalue weighted by molar-refractivity contribution is 5.91. The van der Waals surface area contributed by atoms with Crippen LogP contribution in [0.5, 0.6) is 0 Å². The van der Waals surface area contributed by atoms with Crippen LogP contribution in [0.3, 0.4) is 0 Å². The molecule has 0 saturated carbocycles. The Labute approximate surface area is 137 Å². The predicted molar refractivity (Wildman–Crippen MR) is 90.8 cm³/mol. The van der Waals surface area contributed by atoms with Gasteiger partial charge in [0, 0.05) is 44.5 Å². The second-order valence-corrected chi connectivity index (χ2v) is 5.79. The van der Waals surface area contributed by atoms with Gasteiger partial charge in [0.15, 0.2) is 0 Å². The van der Waals surface area contributed by atoms with E-state index in [1.807, 2.05) is 18.2 Å². The fourth-order valence-corrected chi connectivity index (χ4v) is 2.67. The third kappa shape index (κ3) is 4.96. The number of amides is 1. The van der Waals surface area contributed by atoms with Crippen LogP contribution in [0.2, 0.25) is 0 Å². The van der Waals surface area contributed by atoms with Gasteiger partial charge in [0.25, 0.3) is 0 Å². The Bertz CT molecular complexity index is 566. The Morgan fingerprint density at radius 2 is 1.91 bits per heavy atom. The molecule has 1 saturated heterocycles. The molecule has 1 aromatic rings. The van der Waals surface area contributed by atoms with Crippen molar-refractivity contribution < 1.29 is 14.3 Å². The molecule has 1 heterocycles. The summed E-state index contributed by atoms with van der Waals surface area (Å²) in [6.45, 7) is 7.53. The number of ether oxygens (including phenoxy) is 1. The Morgan fingerprint density at radius 3 is 2.52 bits per heavy atom. The average Bonchev–Trinajstić information content (AvgIpc) is 2.49. The number of esters is 1. The number of rotatable bonds is 5. The quantitative estimate of drug-likeness (QED) is 0.834. The van der Waals surface area contributed by atoms with Gasteiger partial charge in [-0.05, 0) is 37.7 Å². The largest absolute Gasteiger partial charge is 0.466 e. The van der Waals surface area contributed by atoms with Crippen molar-refractivity contribution in [2.24, 2.45) is 0 Å². The number of nitrogens with one attached hydrogen (secondary N) is 1. The molecule has 0 aliphatic carbocycles. The molecule has 6 heteroatoms. The summed E-state index contributed by atoms with van der Waals surface area (Å²) in [7, 11) is 2.11. The van der Waals surface area contributed by atoms with E-state index in [2.05, 4.69) is 22.2 Å². The third-order valence-corrected chi connectivity index (χ3v) is 3.91. The minimum atomic E-state index is -0.283. The Hall–Kier alpha value is -2.08. The highest BCUT2D eigenvalue weighted by Gasteiger charge is 2.17. The van der Waals surface area contributed by atoms with Crippen molar-refractivity contribution in [1.82, 2.24) is 4.90 Å². The van der Waals surface area contributed by atoms with Crippen LogP contribution in [-0.4, -0.2) is 56.6 Å². The monoisotopic (exact) mass is 319 g/mol. The Kier molecular flexibility index (Phi) is 5.98. The molecule has 0 atom stereocenters. The number of carbonyl (C=O) groups is 2. The molecule has 1 N–H and O–H groups in total. The maximum absolute atomic E-state index is 11.8. The summed E-state index contributed by atoms with van der Waals surface area (Å²) in [5.41, 5.74) is 2.53. The lowest BCUT2D eigenvalue weighted by atomic mass is 10.1. The van der Waals surface area contributed by atoms with E-state index in [0.29, 0.717) is 12.3 Å². The number of carbonyl (C=O) groups excluding carboxylic acids is 2. The smallest absolute Gasteiger partial charge is 0.310 e. The lowest BCUT2D eigenvalue weighted by molar-refractivity contribution is -0.142. The van der Waals surface area contributed by atoms with E-state index in [9.17, 15) is 9.59 Å². The zero-order valence-corrected chi connectivity index (χ0v) is 14.1. The van der Waals surface area contributed by atoms with Gasteiger partial charge in [0.1, 0.15) is 0 Å². The normalized spacial score (nSPS) is 15.3. The number of benzene rings is 1. The van der Waals surface area contributed by atoms with Gasteiger partial charge >= 0.3 is 5.97 Å². The molecule has 126 valence electrons. The molecular formula is C17H25N3O3. The molecule has 0 bridgehead atoms. The van der Waals surface area contributed by atoms with Gasteiger partial charge in [-0.15, -0.1) is 0 Å². The standard InChI is InChI=1S/C17H25N3O3/c1-4-23-17(22)12-14-11-15(5-6-16(14)18-13(2)21)20-9-7-19(3)8-10-20/h5-6,11H,4,7-10,12H2,1-3H3,(H,18,21). The average molecular weight is 319 g/mol. The number of piperazine rings is 1. The molecule has 1 aromatic carbocycles. The summed E-state index contributed by atoms with van der Waals surface area (Å²) >= 11 is 0. The van der Waals surface area contributed by atoms with Gasteiger partial charge in [0.2, 0.25) is 5.91 Å². The van der Waals surface area contributed by atoms with Crippen molar-refractivity contribution in [2.45, 2.75) is 20.3 Å². The molecule has 2 rings (SSSR count). The van der Waals surface area contributed by atoms with E-state index < -0.39 is 0 Å². The molecule has 6 nitrogen and oxygen atoms in total. The topological polar surface area (TPSA) is 61.9 Å². The zero-order chi connectivity index (χ0) is 16.8. The van der Waals surface area contributed by atoms with Crippen molar-refractivity contribution in [3.05, 3.63) is 23.8 Å². The van der Waals surface area contributed by atoms with Crippen molar-refractivity contribution in [3.8, 4) is 0 Å². The molecule has 0 aromatic heterocycles. The lowest BCUT2D eigenvalue weighted by Gasteiger charge is -2.34. The van der Waals surface area contributed by atoms with E-state index in [1.165, 1.54) is 6.92 Å². The van der Waals surface area contributed by atoms with Crippen LogP contribution in [0.1, 0.15) is 19.4 Å². The Balaban J connectivity index is 2.21. The van der Waals surface area contributed by atoms with Crippen molar-refractivity contribution >= 4 is 23.3 Å². The summed E-state index contributed by atoms with van der Waals surface area (Å²) in [4.78, 5) is 27.8. The number of likely N-dealkylation sites (N-methyl/N-ethyl adjacent to an activating group) is 1. The van der Waals surface area contributed by atoms with Gasteiger partial charge in [-0.1, -0.05) is 0 Å². The summed E-state index contributed by atoms with van der Waals surface area (Å²) in [5.74, 6) is -0.433. The van der Waals surface area contributed by atoms with Gasteiger partial charge in [0.05, 0.1) is 13.0 Å². The van der Waals surface area contributed by atoms with E-state index in [0.717, 1.165) is 37.4 Å². The van der Waals surface area contributed by atoms with Crippen molar-refractivity contribution in [3.63, 3.8) is 0 Å². The van der Waals surface area contributed by atoms with E-state index in [4.69, 9.17) is 4.74 Å². The second kappa shape index (κ2) is 7.97. The molecule has 0 radical (unpaired) electrons. The van der Waals surface area contributed by atoms with Gasteiger partial charge in [-0.2, -0.15) is 0 Å². The predicted octanol–water partition coefficient (Wildman–Crippen LogP) is 1.50. The molecule has 1 aliphatic heterocycles. The number of nitrogens with zero attached hydrogens (tertiary/aromatic N) is 2. The molecule has 0 unspecified atom stereocenters. The molecule has 0 spiro atoms. The minimum Gasteiger partial charge on any atom is -0.466 e. The van der Waals surface area contributed by atoms with Crippen molar-refractivity contribution in [1.29, 1.82) is 0 Å². The summed E-state index contributed by atoms with van der Waals surface area (Å²) in [6, 6.07) is 5.84. The second-order valence-electron chi connectivity index (χ2n) is 5.79. The summed E-state index contributed by atoms with van der Waals surface area (Å²) in [6.07, 6.45) is 0.158. The van der Waals surface area contributed by atoms with Crippen LogP contribution in [0, 0.1) is 0 Å². The maximum atomic E-state index is 11.8. The highest BCUT2D eigenvalue weighted by Crippen LogP contribution is 2.25. The van der Waals surface area contributed by atoms with Gasteiger partial charge < -0.3 is 19.9 Å². The zero-order valence-electron chi connectivity index (χ0n) is 14.1. The van der Waals surface area contributed by atoms with Crippen LogP contribution < -0.4 is 10.2 Å². The van der Waals surface area contributed by atoms with Crippen LogP contribution in [0.4, 0.5) is 11.4 Å². The van der Waals surface area contributed by atoms with E-state index in [-0.39, 0.29) is 18.3 Å². The van der Waals surface area contributed by atoms with Crippen LogP contribution in [0.15, 0.2) is 18.2 Å².